The molecule has 2 N–H and O–H groups in total. The number of hydrogen-bond acceptors (Lipinski definition) is 6. The fourth-order valence-electron chi connectivity index (χ4n) is 3.81. The molecule has 1 saturated carbocycles. The van der Waals surface area contributed by atoms with Crippen LogP contribution in [0.4, 0.5) is 11.8 Å². The van der Waals surface area contributed by atoms with E-state index in [0.717, 1.165) is 42.2 Å². The first-order valence-corrected chi connectivity index (χ1v) is 8.99. The lowest BCUT2D eigenvalue weighted by atomic mass is 10.0. The van der Waals surface area contributed by atoms with E-state index < -0.39 is 6.23 Å². The van der Waals surface area contributed by atoms with Crippen molar-refractivity contribution in [2.45, 2.75) is 51.8 Å². The van der Waals surface area contributed by atoms with E-state index in [-0.39, 0.29) is 6.04 Å². The molecule has 7 nitrogen and oxygen atoms in total. The zero-order valence-corrected chi connectivity index (χ0v) is 14.7. The second-order valence-corrected chi connectivity index (χ2v) is 6.64. The van der Waals surface area contributed by atoms with E-state index >= 15 is 0 Å². The van der Waals surface area contributed by atoms with Crippen molar-refractivity contribution in [1.82, 2.24) is 19.7 Å². The molecular weight excluding hydrogens is 316 g/mol. The number of rotatable bonds is 4. The molecule has 25 heavy (non-hydrogen) atoms. The van der Waals surface area contributed by atoms with E-state index in [4.69, 9.17) is 4.98 Å². The first-order chi connectivity index (χ1) is 12.2. The van der Waals surface area contributed by atoms with Gasteiger partial charge in [-0.05, 0) is 38.8 Å². The van der Waals surface area contributed by atoms with Crippen LogP contribution in [0.15, 0.2) is 18.5 Å². The zero-order chi connectivity index (χ0) is 17.4. The minimum absolute atomic E-state index is 0.289. The third kappa shape index (κ3) is 2.78. The molecule has 2 aliphatic rings. The highest BCUT2D eigenvalue weighted by Gasteiger charge is 2.36. The van der Waals surface area contributed by atoms with Crippen LogP contribution in [0.2, 0.25) is 0 Å². The Hall–Kier alpha value is -2.41. The smallest absolute Gasteiger partial charge is 0.224 e. The van der Waals surface area contributed by atoms with Gasteiger partial charge in [-0.2, -0.15) is 10.1 Å². The number of nitrogens with one attached hydrogen (secondary N) is 1. The van der Waals surface area contributed by atoms with Crippen molar-refractivity contribution in [3.63, 3.8) is 0 Å². The summed E-state index contributed by atoms with van der Waals surface area (Å²) in [4.78, 5) is 11.4. The van der Waals surface area contributed by atoms with Gasteiger partial charge in [0.1, 0.15) is 5.82 Å². The number of aliphatic hydroxyl groups is 1. The summed E-state index contributed by atoms with van der Waals surface area (Å²) in [5.41, 5.74) is 2.61. The highest BCUT2D eigenvalue weighted by atomic mass is 16.3. The van der Waals surface area contributed by atoms with E-state index in [1.54, 1.807) is 10.9 Å². The van der Waals surface area contributed by atoms with Gasteiger partial charge in [0.05, 0.1) is 11.4 Å². The van der Waals surface area contributed by atoms with E-state index in [1.165, 1.54) is 12.8 Å². The first kappa shape index (κ1) is 16.1. The minimum atomic E-state index is -0.765. The van der Waals surface area contributed by atoms with Gasteiger partial charge in [0.15, 0.2) is 6.23 Å². The van der Waals surface area contributed by atoms with E-state index in [9.17, 15) is 5.11 Å². The van der Waals surface area contributed by atoms with Crippen molar-refractivity contribution in [2.24, 2.45) is 0 Å². The second-order valence-electron chi connectivity index (χ2n) is 6.64. The second kappa shape index (κ2) is 6.48. The van der Waals surface area contributed by atoms with Crippen molar-refractivity contribution in [2.75, 3.05) is 16.8 Å². The fourth-order valence-corrected chi connectivity index (χ4v) is 3.81. The van der Waals surface area contributed by atoms with Gasteiger partial charge in [-0.15, -0.1) is 0 Å². The Morgan fingerprint density at radius 3 is 2.76 bits per heavy atom. The molecule has 1 fully saturated rings. The van der Waals surface area contributed by atoms with Gasteiger partial charge < -0.3 is 15.3 Å². The highest BCUT2D eigenvalue weighted by Crippen LogP contribution is 2.39. The lowest BCUT2D eigenvalue weighted by Gasteiger charge is -2.39. The molecule has 1 aliphatic heterocycles. The molecule has 2 aromatic heterocycles. The van der Waals surface area contributed by atoms with Crippen molar-refractivity contribution in [3.05, 3.63) is 29.7 Å². The van der Waals surface area contributed by atoms with Gasteiger partial charge in [0.2, 0.25) is 5.95 Å². The van der Waals surface area contributed by atoms with Crippen LogP contribution in [-0.4, -0.2) is 43.7 Å². The van der Waals surface area contributed by atoms with Crippen molar-refractivity contribution < 1.29 is 5.11 Å². The summed E-state index contributed by atoms with van der Waals surface area (Å²) >= 11 is 0. The lowest BCUT2D eigenvalue weighted by Crippen LogP contribution is -2.46. The van der Waals surface area contributed by atoms with Crippen LogP contribution < -0.4 is 10.2 Å². The molecule has 0 saturated heterocycles. The molecule has 0 spiro atoms. The lowest BCUT2D eigenvalue weighted by molar-refractivity contribution is 0.204. The molecule has 0 bridgehead atoms. The zero-order valence-electron chi connectivity index (χ0n) is 14.7. The summed E-state index contributed by atoms with van der Waals surface area (Å²) in [6.07, 6.45) is 9.30. The van der Waals surface area contributed by atoms with Crippen LogP contribution in [-0.2, 0) is 0 Å². The number of hydrogen-bond donors (Lipinski definition) is 2. The van der Waals surface area contributed by atoms with Crippen molar-refractivity contribution in [1.29, 1.82) is 0 Å². The van der Waals surface area contributed by atoms with Gasteiger partial charge in [-0.1, -0.05) is 12.8 Å². The van der Waals surface area contributed by atoms with Crippen LogP contribution in [0, 0.1) is 6.92 Å². The number of nitrogens with zero attached hydrogens (tertiary/aromatic N) is 5. The predicted octanol–water partition coefficient (Wildman–Crippen LogP) is 2.49. The number of fused-ring (bicyclic) bond motifs is 1. The minimum Gasteiger partial charge on any atom is -0.368 e. The van der Waals surface area contributed by atoms with Crippen LogP contribution in [0.25, 0.3) is 11.8 Å². The quantitative estimate of drug-likeness (QED) is 0.890. The normalized spacial score (nSPS) is 20.5. The van der Waals surface area contributed by atoms with E-state index in [2.05, 4.69) is 20.3 Å². The van der Waals surface area contributed by atoms with E-state index in [0.29, 0.717) is 5.95 Å². The van der Waals surface area contributed by atoms with Gasteiger partial charge in [-0.25, -0.2) is 9.67 Å². The summed E-state index contributed by atoms with van der Waals surface area (Å²) < 4.78 is 1.73. The van der Waals surface area contributed by atoms with Gasteiger partial charge in [0.25, 0.3) is 0 Å². The van der Waals surface area contributed by atoms with Crippen molar-refractivity contribution in [3.8, 4) is 0 Å². The van der Waals surface area contributed by atoms with Crippen LogP contribution in [0.3, 0.4) is 0 Å². The highest BCUT2D eigenvalue weighted by molar-refractivity contribution is 5.85. The molecule has 1 unspecified atom stereocenters. The van der Waals surface area contributed by atoms with Crippen LogP contribution in [0.1, 0.15) is 43.9 Å². The van der Waals surface area contributed by atoms with Gasteiger partial charge in [-0.3, -0.25) is 0 Å². The average Bonchev–Trinajstić information content (AvgIpc) is 3.28. The van der Waals surface area contributed by atoms with E-state index in [1.807, 2.05) is 32.2 Å². The summed E-state index contributed by atoms with van der Waals surface area (Å²) in [5, 5.41) is 18.6. The molecule has 3 heterocycles. The maximum absolute atomic E-state index is 11.1. The Labute approximate surface area is 147 Å². The number of anilines is 2. The largest absolute Gasteiger partial charge is 0.368 e. The molecule has 132 valence electrons. The Morgan fingerprint density at radius 1 is 1.28 bits per heavy atom. The van der Waals surface area contributed by atoms with Gasteiger partial charge >= 0.3 is 0 Å². The first-order valence-electron chi connectivity index (χ1n) is 8.99. The molecule has 4 rings (SSSR count). The Bertz CT molecular complexity index is 779. The molecule has 0 aromatic carbocycles. The fraction of sp³-hybridized carbons (Fsp3) is 0.500. The molecule has 1 atom stereocenters. The Kier molecular flexibility index (Phi) is 4.17. The summed E-state index contributed by atoms with van der Waals surface area (Å²) in [6, 6.07) is 2.15. The SMILES string of the molecule is CCNc1nc(C)c2c(n1)N(C1CCCC1)C(O)C(n1cccn1)=C2. The maximum Gasteiger partial charge on any atom is 0.224 e. The molecule has 0 radical (unpaired) electrons. The molecule has 7 heteroatoms. The average molecular weight is 340 g/mol. The monoisotopic (exact) mass is 340 g/mol. The summed E-state index contributed by atoms with van der Waals surface area (Å²) in [5.74, 6) is 1.43. The Balaban J connectivity index is 1.86. The summed E-state index contributed by atoms with van der Waals surface area (Å²) in [6.45, 7) is 4.78. The number of aryl methyl sites for hydroxylation is 1. The molecular formula is C18H24N6O. The number of aromatic nitrogens is 4. The molecule has 2 aromatic rings. The topological polar surface area (TPSA) is 79.1 Å². The summed E-state index contributed by atoms with van der Waals surface area (Å²) in [7, 11) is 0. The van der Waals surface area contributed by atoms with Crippen molar-refractivity contribution >= 4 is 23.5 Å². The number of aliphatic hydroxyl groups excluding tert-OH is 1. The predicted molar refractivity (Wildman–Crippen MR) is 98.1 cm³/mol. The van der Waals surface area contributed by atoms with Crippen LogP contribution in [0.5, 0.6) is 0 Å². The molecule has 0 amide bonds. The Morgan fingerprint density at radius 2 is 2.08 bits per heavy atom. The third-order valence-electron chi connectivity index (χ3n) is 5.00. The molecule has 1 aliphatic carbocycles. The third-order valence-corrected chi connectivity index (χ3v) is 5.00. The van der Waals surface area contributed by atoms with Gasteiger partial charge in [0, 0.05) is 30.5 Å². The standard InChI is InChI=1S/C18H24N6O/c1-3-19-18-21-12(2)14-11-15(23-10-6-9-20-23)17(25)24(16(14)22-18)13-7-4-5-8-13/h6,9-11,13,17,25H,3-5,7-8H2,1-2H3,(H,19,21,22). The maximum atomic E-state index is 11.1. The van der Waals surface area contributed by atoms with Crippen LogP contribution >= 0.6 is 0 Å².